The maximum Gasteiger partial charge on any atom is 0.191 e. The van der Waals surface area contributed by atoms with E-state index in [4.69, 9.17) is 19.2 Å². The SMILES string of the molecule is CCNC(=NCc1cccc(COCCOCC)c1)NCC(C(C)C)N1CCOCC1. The largest absolute Gasteiger partial charge is 0.379 e. The molecule has 0 radical (unpaired) electrons. The van der Waals surface area contributed by atoms with Crippen LogP contribution in [-0.2, 0) is 27.4 Å². The van der Waals surface area contributed by atoms with Gasteiger partial charge in [-0.2, -0.15) is 0 Å². The molecular weight excluding hydrogens is 392 g/mol. The first kappa shape index (κ1) is 25.6. The fraction of sp³-hybridized carbons (Fsp3) is 0.708. The highest BCUT2D eigenvalue weighted by molar-refractivity contribution is 5.79. The third-order valence-corrected chi connectivity index (χ3v) is 5.36. The van der Waals surface area contributed by atoms with Crippen molar-refractivity contribution in [3.05, 3.63) is 35.4 Å². The van der Waals surface area contributed by atoms with Crippen LogP contribution in [-0.4, -0.2) is 76.1 Å². The Kier molecular flexibility index (Phi) is 12.5. The van der Waals surface area contributed by atoms with Crippen molar-refractivity contribution < 1.29 is 14.2 Å². The first-order chi connectivity index (χ1) is 15.1. The number of morpholine rings is 1. The highest BCUT2D eigenvalue weighted by Crippen LogP contribution is 2.12. The Bertz CT molecular complexity index is 633. The normalized spacial score (nSPS) is 16.5. The summed E-state index contributed by atoms with van der Waals surface area (Å²) in [5, 5.41) is 6.93. The topological polar surface area (TPSA) is 67.4 Å². The third-order valence-electron chi connectivity index (χ3n) is 5.36. The van der Waals surface area contributed by atoms with Crippen LogP contribution in [0.15, 0.2) is 29.3 Å². The van der Waals surface area contributed by atoms with Crippen LogP contribution in [0, 0.1) is 5.92 Å². The maximum atomic E-state index is 5.69. The molecule has 1 fully saturated rings. The summed E-state index contributed by atoms with van der Waals surface area (Å²) in [7, 11) is 0. The lowest BCUT2D eigenvalue weighted by Crippen LogP contribution is -2.52. The number of nitrogens with zero attached hydrogens (tertiary/aromatic N) is 2. The van der Waals surface area contributed by atoms with Gasteiger partial charge in [-0.3, -0.25) is 4.90 Å². The zero-order chi connectivity index (χ0) is 22.3. The van der Waals surface area contributed by atoms with Gasteiger partial charge in [-0.05, 0) is 30.9 Å². The Balaban J connectivity index is 1.88. The average molecular weight is 435 g/mol. The van der Waals surface area contributed by atoms with Crippen molar-refractivity contribution in [2.75, 3.05) is 59.2 Å². The number of benzene rings is 1. The molecule has 0 amide bonds. The van der Waals surface area contributed by atoms with Gasteiger partial charge in [-0.1, -0.05) is 38.1 Å². The van der Waals surface area contributed by atoms with Crippen molar-refractivity contribution in [3.8, 4) is 0 Å². The molecule has 176 valence electrons. The van der Waals surface area contributed by atoms with Crippen molar-refractivity contribution in [1.29, 1.82) is 0 Å². The van der Waals surface area contributed by atoms with Crippen molar-refractivity contribution in [2.24, 2.45) is 10.9 Å². The minimum absolute atomic E-state index is 0.463. The lowest BCUT2D eigenvalue weighted by atomic mass is 10.0. The Hall–Kier alpha value is -1.67. The van der Waals surface area contributed by atoms with Gasteiger partial charge in [-0.15, -0.1) is 0 Å². The predicted molar refractivity (Wildman–Crippen MR) is 126 cm³/mol. The summed E-state index contributed by atoms with van der Waals surface area (Å²) < 4.78 is 16.5. The van der Waals surface area contributed by atoms with E-state index in [2.05, 4.69) is 60.6 Å². The lowest BCUT2D eigenvalue weighted by molar-refractivity contribution is 0.00752. The molecule has 1 aliphatic heterocycles. The molecular formula is C24H42N4O3. The molecule has 0 saturated carbocycles. The molecule has 0 aromatic heterocycles. The van der Waals surface area contributed by atoms with E-state index in [1.165, 1.54) is 5.56 Å². The molecule has 1 heterocycles. The van der Waals surface area contributed by atoms with Crippen molar-refractivity contribution in [1.82, 2.24) is 15.5 Å². The van der Waals surface area contributed by atoms with E-state index < -0.39 is 0 Å². The smallest absolute Gasteiger partial charge is 0.191 e. The summed E-state index contributed by atoms with van der Waals surface area (Å²) >= 11 is 0. The highest BCUT2D eigenvalue weighted by atomic mass is 16.5. The maximum absolute atomic E-state index is 5.69. The summed E-state index contributed by atoms with van der Waals surface area (Å²) in [5.74, 6) is 1.42. The number of ether oxygens (including phenoxy) is 3. The minimum Gasteiger partial charge on any atom is -0.379 e. The minimum atomic E-state index is 0.463. The second-order valence-corrected chi connectivity index (χ2v) is 8.11. The molecule has 1 saturated heterocycles. The fourth-order valence-corrected chi connectivity index (χ4v) is 3.68. The van der Waals surface area contributed by atoms with E-state index in [0.717, 1.165) is 57.5 Å². The number of aliphatic imine (C=N–C) groups is 1. The van der Waals surface area contributed by atoms with Crippen LogP contribution < -0.4 is 10.6 Å². The second-order valence-electron chi connectivity index (χ2n) is 8.11. The zero-order valence-corrected chi connectivity index (χ0v) is 19.9. The standard InChI is InChI=1S/C24H42N4O3/c1-5-25-24(27-18-23(20(3)4)28-10-12-30-13-11-28)26-17-21-8-7-9-22(16-21)19-31-15-14-29-6-2/h7-9,16,20,23H,5-6,10-15,17-19H2,1-4H3,(H2,25,26,27). The number of guanidine groups is 1. The molecule has 1 aromatic rings. The van der Waals surface area contributed by atoms with E-state index in [0.29, 0.717) is 38.3 Å². The average Bonchev–Trinajstić information content (AvgIpc) is 2.78. The van der Waals surface area contributed by atoms with E-state index in [1.54, 1.807) is 0 Å². The van der Waals surface area contributed by atoms with Gasteiger partial charge in [0.05, 0.1) is 39.6 Å². The van der Waals surface area contributed by atoms with E-state index >= 15 is 0 Å². The quantitative estimate of drug-likeness (QED) is 0.283. The van der Waals surface area contributed by atoms with Gasteiger partial charge < -0.3 is 24.8 Å². The number of nitrogens with one attached hydrogen (secondary N) is 2. The molecule has 0 spiro atoms. The molecule has 0 bridgehead atoms. The van der Waals surface area contributed by atoms with Crippen molar-refractivity contribution in [2.45, 2.75) is 46.9 Å². The Morgan fingerprint density at radius 1 is 1.10 bits per heavy atom. The molecule has 1 atom stereocenters. The Morgan fingerprint density at radius 3 is 2.55 bits per heavy atom. The van der Waals surface area contributed by atoms with Gasteiger partial charge in [0.15, 0.2) is 5.96 Å². The van der Waals surface area contributed by atoms with Crippen molar-refractivity contribution >= 4 is 5.96 Å². The van der Waals surface area contributed by atoms with E-state index in [1.807, 2.05) is 6.92 Å². The van der Waals surface area contributed by atoms with Gasteiger partial charge >= 0.3 is 0 Å². The van der Waals surface area contributed by atoms with Gasteiger partial charge in [0.2, 0.25) is 0 Å². The predicted octanol–water partition coefficient (Wildman–Crippen LogP) is 2.65. The van der Waals surface area contributed by atoms with E-state index in [-0.39, 0.29) is 0 Å². The summed E-state index contributed by atoms with van der Waals surface area (Å²) in [6.45, 7) is 17.2. The summed E-state index contributed by atoms with van der Waals surface area (Å²) in [6, 6.07) is 8.90. The number of hydrogen-bond donors (Lipinski definition) is 2. The summed E-state index contributed by atoms with van der Waals surface area (Å²) in [4.78, 5) is 7.34. The first-order valence-electron chi connectivity index (χ1n) is 11.7. The molecule has 0 aliphatic carbocycles. The van der Waals surface area contributed by atoms with Crippen LogP contribution in [0.1, 0.15) is 38.8 Å². The molecule has 1 aliphatic rings. The van der Waals surface area contributed by atoms with Gasteiger partial charge in [0.1, 0.15) is 0 Å². The van der Waals surface area contributed by atoms with Crippen LogP contribution >= 0.6 is 0 Å². The van der Waals surface area contributed by atoms with E-state index in [9.17, 15) is 0 Å². The lowest BCUT2D eigenvalue weighted by Gasteiger charge is -2.37. The third kappa shape index (κ3) is 9.99. The molecule has 7 nitrogen and oxygen atoms in total. The Morgan fingerprint density at radius 2 is 1.84 bits per heavy atom. The second kappa shape index (κ2) is 15.2. The molecule has 7 heteroatoms. The van der Waals surface area contributed by atoms with Gasteiger partial charge in [-0.25, -0.2) is 4.99 Å². The first-order valence-corrected chi connectivity index (χ1v) is 11.7. The fourth-order valence-electron chi connectivity index (χ4n) is 3.68. The van der Waals surface area contributed by atoms with Crippen LogP contribution in [0.2, 0.25) is 0 Å². The molecule has 31 heavy (non-hydrogen) atoms. The van der Waals surface area contributed by atoms with Gasteiger partial charge in [0, 0.05) is 38.8 Å². The Labute approximate surface area is 188 Å². The summed E-state index contributed by atoms with van der Waals surface area (Å²) in [5.41, 5.74) is 2.34. The molecule has 1 unspecified atom stereocenters. The number of rotatable bonds is 13. The highest BCUT2D eigenvalue weighted by Gasteiger charge is 2.23. The monoisotopic (exact) mass is 434 g/mol. The summed E-state index contributed by atoms with van der Waals surface area (Å²) in [6.07, 6.45) is 0. The van der Waals surface area contributed by atoms with Crippen LogP contribution in [0.4, 0.5) is 0 Å². The van der Waals surface area contributed by atoms with Crippen molar-refractivity contribution in [3.63, 3.8) is 0 Å². The van der Waals surface area contributed by atoms with Crippen LogP contribution in [0.25, 0.3) is 0 Å². The van der Waals surface area contributed by atoms with Crippen LogP contribution in [0.3, 0.4) is 0 Å². The van der Waals surface area contributed by atoms with Crippen LogP contribution in [0.5, 0.6) is 0 Å². The van der Waals surface area contributed by atoms with Gasteiger partial charge in [0.25, 0.3) is 0 Å². The zero-order valence-electron chi connectivity index (χ0n) is 19.9. The molecule has 2 rings (SSSR count). The molecule has 2 N–H and O–H groups in total. The number of hydrogen-bond acceptors (Lipinski definition) is 5. The molecule has 1 aromatic carbocycles.